The van der Waals surface area contributed by atoms with Crippen molar-refractivity contribution in [3.8, 4) is 0 Å². The monoisotopic (exact) mass is 266 g/mol. The maximum absolute atomic E-state index is 12.0. The van der Waals surface area contributed by atoms with E-state index in [1.165, 1.54) is 17.4 Å². The smallest absolute Gasteiger partial charge is 0.338 e. The molecule has 2 amide bonds. The molecule has 0 radical (unpaired) electrons. The number of aromatic carboxylic acids is 1. The van der Waals surface area contributed by atoms with Gasteiger partial charge in [-0.15, -0.1) is 17.9 Å². The van der Waals surface area contributed by atoms with E-state index in [1.54, 1.807) is 16.4 Å². The van der Waals surface area contributed by atoms with Crippen LogP contribution in [0.4, 0.5) is 9.80 Å². The van der Waals surface area contributed by atoms with Gasteiger partial charge < -0.3 is 10.0 Å². The number of carboxylic acids is 1. The summed E-state index contributed by atoms with van der Waals surface area (Å²) in [4.78, 5) is 24.6. The second-order valence-corrected chi connectivity index (χ2v) is 4.99. The first kappa shape index (κ1) is 12.6. The molecule has 1 aliphatic carbocycles. The second-order valence-electron chi connectivity index (χ2n) is 4.07. The van der Waals surface area contributed by atoms with Crippen molar-refractivity contribution in [2.75, 3.05) is 11.9 Å². The molecule has 2 rings (SSSR count). The van der Waals surface area contributed by atoms with Crippen LogP contribution in [-0.4, -0.2) is 34.6 Å². The molecule has 18 heavy (non-hydrogen) atoms. The van der Waals surface area contributed by atoms with Crippen LogP contribution in [0.5, 0.6) is 0 Å². The SMILES string of the molecule is C=CCN(C(=O)Nc1sccc1C(=O)O)C1CC1. The van der Waals surface area contributed by atoms with Crippen LogP contribution in [-0.2, 0) is 0 Å². The number of nitrogens with one attached hydrogen (secondary N) is 1. The molecule has 0 spiro atoms. The van der Waals surface area contributed by atoms with Crippen LogP contribution in [0.15, 0.2) is 24.1 Å². The van der Waals surface area contributed by atoms with Gasteiger partial charge in [-0.2, -0.15) is 0 Å². The number of thiophene rings is 1. The Balaban J connectivity index is 2.07. The lowest BCUT2D eigenvalue weighted by atomic mass is 10.3. The number of carboxylic acid groups (broad SMARTS) is 1. The molecule has 0 unspecified atom stereocenters. The third kappa shape index (κ3) is 2.70. The largest absolute Gasteiger partial charge is 0.478 e. The molecule has 1 aliphatic rings. The average molecular weight is 266 g/mol. The number of nitrogens with zero attached hydrogens (tertiary/aromatic N) is 1. The first-order chi connectivity index (χ1) is 8.63. The fourth-order valence-corrected chi connectivity index (χ4v) is 2.44. The van der Waals surface area contributed by atoms with Gasteiger partial charge >= 0.3 is 12.0 Å². The topological polar surface area (TPSA) is 69.6 Å². The highest BCUT2D eigenvalue weighted by Gasteiger charge is 2.32. The van der Waals surface area contributed by atoms with Crippen molar-refractivity contribution in [1.29, 1.82) is 0 Å². The van der Waals surface area contributed by atoms with E-state index >= 15 is 0 Å². The Labute approximate surface area is 109 Å². The van der Waals surface area contributed by atoms with E-state index in [4.69, 9.17) is 5.11 Å². The zero-order valence-corrected chi connectivity index (χ0v) is 10.6. The minimum atomic E-state index is -1.03. The molecule has 1 aromatic heterocycles. The van der Waals surface area contributed by atoms with Gasteiger partial charge in [0.25, 0.3) is 0 Å². The molecule has 1 heterocycles. The number of hydrogen-bond acceptors (Lipinski definition) is 3. The number of hydrogen-bond donors (Lipinski definition) is 2. The molecule has 1 aromatic rings. The normalized spacial score (nSPS) is 14.0. The maximum atomic E-state index is 12.0. The fourth-order valence-electron chi connectivity index (χ4n) is 1.67. The Morgan fingerprint density at radius 1 is 1.61 bits per heavy atom. The van der Waals surface area contributed by atoms with Gasteiger partial charge in [0.05, 0.1) is 5.56 Å². The van der Waals surface area contributed by atoms with Crippen molar-refractivity contribution >= 4 is 28.3 Å². The number of amides is 2. The zero-order chi connectivity index (χ0) is 13.1. The Morgan fingerprint density at radius 2 is 2.33 bits per heavy atom. The molecule has 2 N–H and O–H groups in total. The van der Waals surface area contributed by atoms with Gasteiger partial charge in [-0.1, -0.05) is 6.08 Å². The molecule has 5 nitrogen and oxygen atoms in total. The quantitative estimate of drug-likeness (QED) is 0.805. The molecule has 0 saturated heterocycles. The van der Waals surface area contributed by atoms with Crippen molar-refractivity contribution in [1.82, 2.24) is 4.90 Å². The average Bonchev–Trinajstić information content (AvgIpc) is 3.05. The van der Waals surface area contributed by atoms with Crippen LogP contribution in [0.25, 0.3) is 0 Å². The van der Waals surface area contributed by atoms with E-state index in [0.29, 0.717) is 11.5 Å². The van der Waals surface area contributed by atoms with Crippen LogP contribution < -0.4 is 5.32 Å². The van der Waals surface area contributed by atoms with Crippen molar-refractivity contribution in [2.24, 2.45) is 0 Å². The lowest BCUT2D eigenvalue weighted by Crippen LogP contribution is -2.36. The van der Waals surface area contributed by atoms with Gasteiger partial charge in [0.15, 0.2) is 0 Å². The Morgan fingerprint density at radius 3 is 2.89 bits per heavy atom. The van der Waals surface area contributed by atoms with Gasteiger partial charge in [-0.3, -0.25) is 5.32 Å². The summed E-state index contributed by atoms with van der Waals surface area (Å²) < 4.78 is 0. The van der Waals surface area contributed by atoms with Crippen molar-refractivity contribution in [2.45, 2.75) is 18.9 Å². The summed E-state index contributed by atoms with van der Waals surface area (Å²) >= 11 is 1.21. The molecule has 1 fully saturated rings. The van der Waals surface area contributed by atoms with E-state index in [-0.39, 0.29) is 17.6 Å². The first-order valence-corrected chi connectivity index (χ1v) is 6.50. The highest BCUT2D eigenvalue weighted by Crippen LogP contribution is 2.29. The van der Waals surface area contributed by atoms with E-state index in [2.05, 4.69) is 11.9 Å². The Hall–Kier alpha value is -1.82. The van der Waals surface area contributed by atoms with Crippen molar-refractivity contribution in [3.05, 3.63) is 29.7 Å². The van der Waals surface area contributed by atoms with E-state index < -0.39 is 5.97 Å². The fraction of sp³-hybridized carbons (Fsp3) is 0.333. The Bertz CT molecular complexity index is 479. The first-order valence-electron chi connectivity index (χ1n) is 5.62. The van der Waals surface area contributed by atoms with Gasteiger partial charge in [-0.05, 0) is 24.3 Å². The summed E-state index contributed by atoms with van der Waals surface area (Å²) in [6.07, 6.45) is 3.67. The summed E-state index contributed by atoms with van der Waals surface area (Å²) in [5.74, 6) is -1.03. The lowest BCUT2D eigenvalue weighted by molar-refractivity contribution is 0.0698. The summed E-state index contributed by atoms with van der Waals surface area (Å²) in [5.41, 5.74) is 0.127. The van der Waals surface area contributed by atoms with Crippen LogP contribution in [0, 0.1) is 0 Å². The van der Waals surface area contributed by atoms with E-state index in [1.807, 2.05) is 0 Å². The van der Waals surface area contributed by atoms with Crippen molar-refractivity contribution < 1.29 is 14.7 Å². The summed E-state index contributed by atoms with van der Waals surface area (Å²) in [7, 11) is 0. The van der Waals surface area contributed by atoms with Crippen LogP contribution >= 0.6 is 11.3 Å². The summed E-state index contributed by atoms with van der Waals surface area (Å²) in [6, 6.07) is 1.48. The van der Waals surface area contributed by atoms with Gasteiger partial charge in [-0.25, -0.2) is 9.59 Å². The Kier molecular flexibility index (Phi) is 3.66. The number of anilines is 1. The highest BCUT2D eigenvalue weighted by molar-refractivity contribution is 7.14. The highest BCUT2D eigenvalue weighted by atomic mass is 32.1. The molecular weight excluding hydrogens is 252 g/mol. The lowest BCUT2D eigenvalue weighted by Gasteiger charge is -2.20. The maximum Gasteiger partial charge on any atom is 0.338 e. The molecular formula is C12H14N2O3S. The number of carbonyl (C=O) groups is 2. The third-order valence-electron chi connectivity index (χ3n) is 2.69. The standard InChI is InChI=1S/C12H14N2O3S/c1-2-6-14(8-3-4-8)12(17)13-10-9(11(15)16)5-7-18-10/h2,5,7-8H,1,3-4,6H2,(H,13,17)(H,15,16). The predicted octanol–water partition coefficient (Wildman–Crippen LogP) is 2.63. The number of rotatable bonds is 5. The predicted molar refractivity (Wildman–Crippen MR) is 70.2 cm³/mol. The minimum Gasteiger partial charge on any atom is -0.478 e. The molecule has 0 bridgehead atoms. The van der Waals surface area contributed by atoms with E-state index in [9.17, 15) is 9.59 Å². The van der Waals surface area contributed by atoms with Gasteiger partial charge in [0, 0.05) is 12.6 Å². The van der Waals surface area contributed by atoms with Gasteiger partial charge in [0.1, 0.15) is 5.00 Å². The van der Waals surface area contributed by atoms with Gasteiger partial charge in [0.2, 0.25) is 0 Å². The zero-order valence-electron chi connectivity index (χ0n) is 9.76. The molecule has 0 aliphatic heterocycles. The third-order valence-corrected chi connectivity index (χ3v) is 3.52. The van der Waals surface area contributed by atoms with Crippen LogP contribution in [0.3, 0.4) is 0 Å². The van der Waals surface area contributed by atoms with Crippen molar-refractivity contribution in [3.63, 3.8) is 0 Å². The van der Waals surface area contributed by atoms with Crippen LogP contribution in [0.2, 0.25) is 0 Å². The summed E-state index contributed by atoms with van der Waals surface area (Å²) in [6.45, 7) is 4.10. The molecule has 1 saturated carbocycles. The number of carbonyl (C=O) groups excluding carboxylic acids is 1. The molecule has 6 heteroatoms. The van der Waals surface area contributed by atoms with E-state index in [0.717, 1.165) is 12.8 Å². The molecule has 0 atom stereocenters. The number of urea groups is 1. The minimum absolute atomic E-state index is 0.127. The molecule has 96 valence electrons. The second kappa shape index (κ2) is 5.22. The summed E-state index contributed by atoms with van der Waals surface area (Å²) in [5, 5.41) is 13.6. The van der Waals surface area contributed by atoms with Crippen LogP contribution in [0.1, 0.15) is 23.2 Å². The molecule has 0 aromatic carbocycles.